The molecule has 114 valence electrons. The molecule has 0 spiro atoms. The van der Waals surface area contributed by atoms with Crippen LogP contribution in [-0.4, -0.2) is 24.5 Å². The van der Waals surface area contributed by atoms with E-state index in [0.29, 0.717) is 23.1 Å². The SMILES string of the molecule is C[C@H]1CCc2c(sc(NC(=O)[C@H]3CCCO3)c2C(N)=O)C1. The largest absolute Gasteiger partial charge is 0.368 e. The molecule has 1 aliphatic carbocycles. The van der Waals surface area contributed by atoms with Crippen LogP contribution in [-0.2, 0) is 22.4 Å². The Bertz CT molecular complexity index is 576. The van der Waals surface area contributed by atoms with Crippen molar-refractivity contribution >= 4 is 28.2 Å². The Morgan fingerprint density at radius 2 is 2.19 bits per heavy atom. The predicted octanol–water partition coefficient (Wildman–Crippen LogP) is 2.09. The highest BCUT2D eigenvalue weighted by molar-refractivity contribution is 7.17. The molecule has 0 aromatic carbocycles. The van der Waals surface area contributed by atoms with Gasteiger partial charge in [0.05, 0.1) is 5.56 Å². The van der Waals surface area contributed by atoms with Gasteiger partial charge in [0.25, 0.3) is 11.8 Å². The van der Waals surface area contributed by atoms with Gasteiger partial charge in [-0.3, -0.25) is 9.59 Å². The molecule has 5 nitrogen and oxygen atoms in total. The molecule has 2 atom stereocenters. The number of anilines is 1. The van der Waals surface area contributed by atoms with Crippen LogP contribution in [0.25, 0.3) is 0 Å². The molecule has 6 heteroatoms. The summed E-state index contributed by atoms with van der Waals surface area (Å²) in [7, 11) is 0. The van der Waals surface area contributed by atoms with E-state index < -0.39 is 12.0 Å². The van der Waals surface area contributed by atoms with Gasteiger partial charge in [0.2, 0.25) is 0 Å². The summed E-state index contributed by atoms with van der Waals surface area (Å²) in [6, 6.07) is 0. The third kappa shape index (κ3) is 2.82. The first-order valence-corrected chi connectivity index (χ1v) is 8.24. The van der Waals surface area contributed by atoms with Crippen molar-refractivity contribution in [2.45, 2.75) is 45.1 Å². The molecule has 2 amide bonds. The summed E-state index contributed by atoms with van der Waals surface area (Å²) in [5, 5.41) is 3.46. The molecule has 1 aromatic heterocycles. The lowest BCUT2D eigenvalue weighted by molar-refractivity contribution is -0.124. The molecule has 1 aliphatic heterocycles. The van der Waals surface area contributed by atoms with Gasteiger partial charge >= 0.3 is 0 Å². The Labute approximate surface area is 127 Å². The van der Waals surface area contributed by atoms with Crippen molar-refractivity contribution in [3.63, 3.8) is 0 Å². The second-order valence-corrected chi connectivity index (χ2v) is 7.02. The van der Waals surface area contributed by atoms with E-state index in [4.69, 9.17) is 10.5 Å². The number of thiophene rings is 1. The van der Waals surface area contributed by atoms with E-state index in [2.05, 4.69) is 12.2 Å². The van der Waals surface area contributed by atoms with Gasteiger partial charge in [0.1, 0.15) is 11.1 Å². The summed E-state index contributed by atoms with van der Waals surface area (Å²) in [5.74, 6) is -0.00932. The van der Waals surface area contributed by atoms with Crippen LogP contribution in [0.4, 0.5) is 5.00 Å². The molecule has 2 heterocycles. The van der Waals surface area contributed by atoms with E-state index in [1.165, 1.54) is 16.2 Å². The van der Waals surface area contributed by atoms with Crippen molar-refractivity contribution in [3.8, 4) is 0 Å². The number of primary amides is 1. The lowest BCUT2D eigenvalue weighted by Gasteiger charge is -2.18. The molecule has 1 aromatic rings. The first-order valence-electron chi connectivity index (χ1n) is 7.43. The average Bonchev–Trinajstić information content (AvgIpc) is 3.04. The summed E-state index contributed by atoms with van der Waals surface area (Å²) >= 11 is 1.49. The molecule has 21 heavy (non-hydrogen) atoms. The Kier molecular flexibility index (Phi) is 3.99. The summed E-state index contributed by atoms with van der Waals surface area (Å²) in [5.41, 5.74) is 7.08. The third-order valence-corrected chi connectivity index (χ3v) is 5.39. The maximum atomic E-state index is 12.2. The van der Waals surface area contributed by atoms with Crippen molar-refractivity contribution in [2.75, 3.05) is 11.9 Å². The molecule has 0 saturated carbocycles. The highest BCUT2D eigenvalue weighted by atomic mass is 32.1. The average molecular weight is 308 g/mol. The van der Waals surface area contributed by atoms with Gasteiger partial charge in [-0.25, -0.2) is 0 Å². The lowest BCUT2D eigenvalue weighted by Crippen LogP contribution is -2.27. The maximum Gasteiger partial charge on any atom is 0.254 e. The Hall–Kier alpha value is -1.40. The van der Waals surface area contributed by atoms with Crippen LogP contribution in [0.15, 0.2) is 0 Å². The molecule has 0 radical (unpaired) electrons. The molecule has 2 aliphatic rings. The number of carbonyl (C=O) groups is 2. The van der Waals surface area contributed by atoms with Crippen LogP contribution in [0.2, 0.25) is 0 Å². The van der Waals surface area contributed by atoms with Gasteiger partial charge in [-0.2, -0.15) is 0 Å². The lowest BCUT2D eigenvalue weighted by atomic mass is 9.88. The van der Waals surface area contributed by atoms with E-state index in [-0.39, 0.29) is 5.91 Å². The molecule has 1 saturated heterocycles. The Morgan fingerprint density at radius 1 is 1.38 bits per heavy atom. The molecule has 0 unspecified atom stereocenters. The molecule has 1 fully saturated rings. The fourth-order valence-corrected chi connectivity index (χ4v) is 4.50. The minimum atomic E-state index is -0.454. The van der Waals surface area contributed by atoms with Crippen LogP contribution >= 0.6 is 11.3 Å². The summed E-state index contributed by atoms with van der Waals surface area (Å²) in [6.07, 6.45) is 4.11. The van der Waals surface area contributed by atoms with Crippen LogP contribution in [0.5, 0.6) is 0 Å². The number of ether oxygens (including phenoxy) is 1. The van der Waals surface area contributed by atoms with Gasteiger partial charge in [-0.1, -0.05) is 6.92 Å². The van der Waals surface area contributed by atoms with E-state index in [0.717, 1.165) is 37.7 Å². The first kappa shape index (κ1) is 14.5. The van der Waals surface area contributed by atoms with Crippen LogP contribution in [0.1, 0.15) is 47.0 Å². The number of hydrogen-bond donors (Lipinski definition) is 2. The number of nitrogens with two attached hydrogens (primary N) is 1. The van der Waals surface area contributed by atoms with Crippen molar-refractivity contribution in [1.29, 1.82) is 0 Å². The highest BCUT2D eigenvalue weighted by Crippen LogP contribution is 2.39. The molecule has 0 bridgehead atoms. The zero-order valence-electron chi connectivity index (χ0n) is 12.1. The predicted molar refractivity (Wildman–Crippen MR) is 81.6 cm³/mol. The second kappa shape index (κ2) is 5.77. The summed E-state index contributed by atoms with van der Waals surface area (Å²) < 4.78 is 5.38. The summed E-state index contributed by atoms with van der Waals surface area (Å²) in [4.78, 5) is 25.2. The van der Waals surface area contributed by atoms with Gasteiger partial charge in [-0.15, -0.1) is 11.3 Å². The molecular formula is C15H20N2O3S. The van der Waals surface area contributed by atoms with Crippen molar-refractivity contribution in [2.24, 2.45) is 11.7 Å². The minimum absolute atomic E-state index is 0.165. The minimum Gasteiger partial charge on any atom is -0.368 e. The molecule has 3 rings (SSSR count). The zero-order valence-corrected chi connectivity index (χ0v) is 12.9. The number of hydrogen-bond acceptors (Lipinski definition) is 4. The Balaban J connectivity index is 1.87. The number of carbonyl (C=O) groups excluding carboxylic acids is 2. The van der Waals surface area contributed by atoms with E-state index in [9.17, 15) is 9.59 Å². The number of rotatable bonds is 3. The zero-order chi connectivity index (χ0) is 15.0. The highest BCUT2D eigenvalue weighted by Gasteiger charge is 2.29. The van der Waals surface area contributed by atoms with Gasteiger partial charge in [0.15, 0.2) is 0 Å². The van der Waals surface area contributed by atoms with Gasteiger partial charge < -0.3 is 15.8 Å². The number of amides is 2. The monoisotopic (exact) mass is 308 g/mol. The first-order chi connectivity index (χ1) is 10.1. The van der Waals surface area contributed by atoms with Crippen LogP contribution in [0.3, 0.4) is 0 Å². The van der Waals surface area contributed by atoms with Crippen LogP contribution < -0.4 is 11.1 Å². The van der Waals surface area contributed by atoms with Gasteiger partial charge in [0, 0.05) is 11.5 Å². The third-order valence-electron chi connectivity index (χ3n) is 4.22. The van der Waals surface area contributed by atoms with E-state index in [1.807, 2.05) is 0 Å². The normalized spacial score (nSPS) is 24.6. The van der Waals surface area contributed by atoms with E-state index >= 15 is 0 Å². The topological polar surface area (TPSA) is 81.4 Å². The number of nitrogens with one attached hydrogen (secondary N) is 1. The van der Waals surface area contributed by atoms with Crippen LogP contribution in [0, 0.1) is 5.92 Å². The van der Waals surface area contributed by atoms with Gasteiger partial charge in [-0.05, 0) is 43.6 Å². The van der Waals surface area contributed by atoms with Crippen molar-refractivity contribution < 1.29 is 14.3 Å². The van der Waals surface area contributed by atoms with E-state index in [1.54, 1.807) is 0 Å². The molecular weight excluding hydrogens is 288 g/mol. The maximum absolute atomic E-state index is 12.2. The quantitative estimate of drug-likeness (QED) is 0.897. The summed E-state index contributed by atoms with van der Waals surface area (Å²) in [6.45, 7) is 2.83. The van der Waals surface area contributed by atoms with Crippen molar-refractivity contribution in [1.82, 2.24) is 0 Å². The fraction of sp³-hybridized carbons (Fsp3) is 0.600. The fourth-order valence-electron chi connectivity index (χ4n) is 3.08. The second-order valence-electron chi connectivity index (χ2n) is 5.91. The number of fused-ring (bicyclic) bond motifs is 1. The van der Waals surface area contributed by atoms with Crippen molar-refractivity contribution in [3.05, 3.63) is 16.0 Å². The molecule has 3 N–H and O–H groups in total. The Morgan fingerprint density at radius 3 is 2.86 bits per heavy atom. The standard InChI is InChI=1S/C15H20N2O3S/c1-8-4-5-9-11(7-8)21-15(12(9)13(16)18)17-14(19)10-3-2-6-20-10/h8,10H,2-7H2,1H3,(H2,16,18)(H,17,19)/t8-,10+/m0/s1. The smallest absolute Gasteiger partial charge is 0.254 e.